The molecule has 0 atom stereocenters. The Bertz CT molecular complexity index is 864. The van der Waals surface area contributed by atoms with E-state index in [1.54, 1.807) is 30.3 Å². The summed E-state index contributed by atoms with van der Waals surface area (Å²) in [5, 5.41) is 6.31. The van der Waals surface area contributed by atoms with Gasteiger partial charge in [-0.3, -0.25) is 9.59 Å². The first kappa shape index (κ1) is 17.6. The second kappa shape index (κ2) is 7.76. The van der Waals surface area contributed by atoms with Gasteiger partial charge in [-0.25, -0.2) is 0 Å². The molecule has 1 aliphatic heterocycles. The Hall–Kier alpha value is -2.24. The molecule has 3 rings (SSSR count). The van der Waals surface area contributed by atoms with E-state index in [0.29, 0.717) is 27.7 Å². The van der Waals surface area contributed by atoms with E-state index in [0.717, 1.165) is 16.9 Å². The fraction of sp³-hybridized carbons (Fsp3) is 0.158. The third-order valence-corrected chi connectivity index (χ3v) is 4.95. The van der Waals surface area contributed by atoms with E-state index in [2.05, 4.69) is 10.6 Å². The molecule has 4 nitrogen and oxygen atoms in total. The number of carbonyl (C=O) groups excluding carboxylic acids is 2. The molecule has 1 heterocycles. The lowest BCUT2D eigenvalue weighted by Crippen LogP contribution is -2.24. The van der Waals surface area contributed by atoms with Crippen molar-refractivity contribution in [3.63, 3.8) is 0 Å². The van der Waals surface area contributed by atoms with Crippen LogP contribution in [-0.4, -0.2) is 18.4 Å². The van der Waals surface area contributed by atoms with Crippen LogP contribution in [0.5, 0.6) is 0 Å². The van der Waals surface area contributed by atoms with Crippen molar-refractivity contribution in [3.8, 4) is 0 Å². The molecule has 0 bridgehead atoms. The Morgan fingerprint density at radius 2 is 2.12 bits per heavy atom. The fourth-order valence-electron chi connectivity index (χ4n) is 2.39. The van der Waals surface area contributed by atoms with Crippen molar-refractivity contribution >= 4 is 46.9 Å². The number of anilines is 1. The summed E-state index contributed by atoms with van der Waals surface area (Å²) >= 11 is 7.37. The molecule has 0 spiro atoms. The van der Waals surface area contributed by atoms with Gasteiger partial charge in [0.2, 0.25) is 0 Å². The number of rotatable bonds is 4. The number of halogens is 1. The van der Waals surface area contributed by atoms with Crippen molar-refractivity contribution in [1.29, 1.82) is 0 Å². The van der Waals surface area contributed by atoms with Crippen LogP contribution in [0.1, 0.15) is 29.3 Å². The van der Waals surface area contributed by atoms with E-state index in [4.69, 9.17) is 11.6 Å². The molecule has 1 aliphatic rings. The summed E-state index contributed by atoms with van der Waals surface area (Å²) in [4.78, 5) is 25.9. The summed E-state index contributed by atoms with van der Waals surface area (Å²) in [6, 6.07) is 12.7. The molecule has 0 aromatic heterocycles. The SMILES string of the molecule is CCCNC(=O)c1ccc2c(c1)NC(=O)C(=Cc1cccc(Cl)c1)S2. The van der Waals surface area contributed by atoms with Gasteiger partial charge in [0.1, 0.15) is 0 Å². The number of thioether (sulfide) groups is 1. The Balaban J connectivity index is 1.84. The van der Waals surface area contributed by atoms with Gasteiger partial charge in [0.25, 0.3) is 11.8 Å². The van der Waals surface area contributed by atoms with Crippen LogP contribution in [0, 0.1) is 0 Å². The molecule has 0 saturated carbocycles. The van der Waals surface area contributed by atoms with Crippen LogP contribution in [0.3, 0.4) is 0 Å². The van der Waals surface area contributed by atoms with Gasteiger partial charge in [-0.15, -0.1) is 0 Å². The van der Waals surface area contributed by atoms with Crippen molar-refractivity contribution < 1.29 is 9.59 Å². The lowest BCUT2D eigenvalue weighted by atomic mass is 10.1. The highest BCUT2D eigenvalue weighted by atomic mass is 35.5. The average Bonchev–Trinajstić information content (AvgIpc) is 2.60. The van der Waals surface area contributed by atoms with E-state index < -0.39 is 0 Å². The third kappa shape index (κ3) is 4.24. The average molecular weight is 373 g/mol. The summed E-state index contributed by atoms with van der Waals surface area (Å²) in [6.07, 6.45) is 2.68. The monoisotopic (exact) mass is 372 g/mol. The van der Waals surface area contributed by atoms with Gasteiger partial charge in [0, 0.05) is 22.0 Å². The van der Waals surface area contributed by atoms with Crippen molar-refractivity contribution in [3.05, 3.63) is 63.5 Å². The van der Waals surface area contributed by atoms with Crippen LogP contribution in [0.15, 0.2) is 52.3 Å². The third-order valence-electron chi connectivity index (χ3n) is 3.62. The maximum atomic E-state index is 12.4. The summed E-state index contributed by atoms with van der Waals surface area (Å²) < 4.78 is 0. The Morgan fingerprint density at radius 3 is 2.88 bits per heavy atom. The lowest BCUT2D eigenvalue weighted by Gasteiger charge is -2.19. The molecule has 2 aromatic carbocycles. The van der Waals surface area contributed by atoms with Gasteiger partial charge in [-0.2, -0.15) is 0 Å². The second-order valence-electron chi connectivity index (χ2n) is 5.59. The minimum atomic E-state index is -0.191. The van der Waals surface area contributed by atoms with Crippen molar-refractivity contribution in [2.24, 2.45) is 0 Å². The first-order chi connectivity index (χ1) is 12.1. The maximum Gasteiger partial charge on any atom is 0.262 e. The number of nitrogens with one attached hydrogen (secondary N) is 2. The molecule has 25 heavy (non-hydrogen) atoms. The highest BCUT2D eigenvalue weighted by Crippen LogP contribution is 2.39. The van der Waals surface area contributed by atoms with Gasteiger partial charge in [0.15, 0.2) is 0 Å². The molecule has 0 unspecified atom stereocenters. The number of hydrogen-bond acceptors (Lipinski definition) is 3. The number of fused-ring (bicyclic) bond motifs is 1. The zero-order valence-electron chi connectivity index (χ0n) is 13.6. The predicted molar refractivity (Wildman–Crippen MR) is 103 cm³/mol. The van der Waals surface area contributed by atoms with E-state index in [1.807, 2.05) is 25.1 Å². The first-order valence-electron chi connectivity index (χ1n) is 7.95. The fourth-order valence-corrected chi connectivity index (χ4v) is 3.52. The maximum absolute atomic E-state index is 12.4. The number of carbonyl (C=O) groups is 2. The van der Waals surface area contributed by atoms with Gasteiger partial charge >= 0.3 is 0 Å². The van der Waals surface area contributed by atoms with E-state index in [1.165, 1.54) is 11.8 Å². The molecule has 2 amide bonds. The molecule has 6 heteroatoms. The smallest absolute Gasteiger partial charge is 0.262 e. The largest absolute Gasteiger partial charge is 0.352 e. The van der Waals surface area contributed by atoms with E-state index in [9.17, 15) is 9.59 Å². The van der Waals surface area contributed by atoms with Crippen LogP contribution in [-0.2, 0) is 4.79 Å². The highest BCUT2D eigenvalue weighted by Gasteiger charge is 2.22. The minimum absolute atomic E-state index is 0.135. The van der Waals surface area contributed by atoms with E-state index in [-0.39, 0.29) is 11.8 Å². The number of benzene rings is 2. The predicted octanol–water partition coefficient (Wildman–Crippen LogP) is 4.57. The minimum Gasteiger partial charge on any atom is -0.352 e. The lowest BCUT2D eigenvalue weighted by molar-refractivity contribution is -0.112. The molecule has 128 valence electrons. The normalized spacial score (nSPS) is 14.8. The van der Waals surface area contributed by atoms with Gasteiger partial charge in [0.05, 0.1) is 10.6 Å². The second-order valence-corrected chi connectivity index (χ2v) is 7.11. The van der Waals surface area contributed by atoms with Crippen molar-refractivity contribution in [2.45, 2.75) is 18.2 Å². The molecular formula is C19H17ClN2O2S. The Labute approximate surface area is 155 Å². The zero-order valence-corrected chi connectivity index (χ0v) is 15.2. The van der Waals surface area contributed by atoms with Crippen LogP contribution < -0.4 is 10.6 Å². The van der Waals surface area contributed by atoms with Crippen LogP contribution in [0.4, 0.5) is 5.69 Å². The van der Waals surface area contributed by atoms with Gasteiger partial charge in [-0.1, -0.05) is 42.4 Å². The molecule has 0 fully saturated rings. The number of amides is 2. The molecule has 0 radical (unpaired) electrons. The van der Waals surface area contributed by atoms with Crippen LogP contribution >= 0.6 is 23.4 Å². The summed E-state index contributed by atoms with van der Waals surface area (Å²) in [7, 11) is 0. The zero-order chi connectivity index (χ0) is 17.8. The molecule has 0 saturated heterocycles. The summed E-state index contributed by atoms with van der Waals surface area (Å²) in [6.45, 7) is 2.63. The molecule has 0 aliphatic carbocycles. The van der Waals surface area contributed by atoms with Crippen molar-refractivity contribution in [1.82, 2.24) is 5.32 Å². The topological polar surface area (TPSA) is 58.2 Å². The first-order valence-corrected chi connectivity index (χ1v) is 9.15. The quantitative estimate of drug-likeness (QED) is 0.773. The van der Waals surface area contributed by atoms with Crippen LogP contribution in [0.2, 0.25) is 5.02 Å². The number of hydrogen-bond donors (Lipinski definition) is 2. The molecular weight excluding hydrogens is 356 g/mol. The Kier molecular flexibility index (Phi) is 5.46. The highest BCUT2D eigenvalue weighted by molar-refractivity contribution is 8.04. The van der Waals surface area contributed by atoms with Gasteiger partial charge in [-0.05, 0) is 48.4 Å². The van der Waals surface area contributed by atoms with E-state index >= 15 is 0 Å². The van der Waals surface area contributed by atoms with Crippen molar-refractivity contribution in [2.75, 3.05) is 11.9 Å². The molecule has 2 N–H and O–H groups in total. The summed E-state index contributed by atoms with van der Waals surface area (Å²) in [5.74, 6) is -0.326. The summed E-state index contributed by atoms with van der Waals surface area (Å²) in [5.41, 5.74) is 2.06. The van der Waals surface area contributed by atoms with Gasteiger partial charge < -0.3 is 10.6 Å². The molecule has 2 aromatic rings. The van der Waals surface area contributed by atoms with Crippen LogP contribution in [0.25, 0.3) is 6.08 Å². The Morgan fingerprint density at radius 1 is 1.28 bits per heavy atom. The standard InChI is InChI=1S/C19H17ClN2O2S/c1-2-8-21-18(23)13-6-7-16-15(11-13)22-19(24)17(25-16)10-12-4-3-5-14(20)9-12/h3-7,9-11H,2,8H2,1H3,(H,21,23)(H,22,24).